The first-order valence-electron chi connectivity index (χ1n) is 9.57. The molecule has 0 spiro atoms. The normalized spacial score (nSPS) is 17.1. The lowest BCUT2D eigenvalue weighted by Crippen LogP contribution is -2.56. The van der Waals surface area contributed by atoms with Crippen LogP contribution in [0.1, 0.15) is 23.2 Å². The van der Waals surface area contributed by atoms with Crippen LogP contribution in [-0.4, -0.2) is 47.4 Å². The lowest BCUT2D eigenvalue weighted by molar-refractivity contribution is -0.134. The van der Waals surface area contributed by atoms with Gasteiger partial charge in [0.15, 0.2) is 11.6 Å². The Balaban J connectivity index is 1.58. The number of nitrogens with zero attached hydrogens (tertiary/aromatic N) is 2. The predicted octanol–water partition coefficient (Wildman–Crippen LogP) is 1.72. The van der Waals surface area contributed by atoms with E-state index in [0.717, 1.165) is 17.3 Å². The Kier molecular flexibility index (Phi) is 6.87. The second-order valence-corrected chi connectivity index (χ2v) is 7.06. The van der Waals surface area contributed by atoms with Crippen molar-refractivity contribution in [2.75, 3.05) is 19.6 Å². The second kappa shape index (κ2) is 9.56. The highest BCUT2D eigenvalue weighted by Crippen LogP contribution is 2.18. The van der Waals surface area contributed by atoms with Gasteiger partial charge < -0.3 is 10.6 Å². The van der Waals surface area contributed by atoms with E-state index in [0.29, 0.717) is 26.1 Å². The number of aryl methyl sites for hydroxylation is 1. The molecule has 6 nitrogen and oxygen atoms in total. The molecule has 2 amide bonds. The molecule has 1 saturated heterocycles. The zero-order valence-corrected chi connectivity index (χ0v) is 16.3. The Morgan fingerprint density at radius 2 is 2.14 bits per heavy atom. The fourth-order valence-corrected chi connectivity index (χ4v) is 3.41. The number of carbonyl (C=O) groups is 2. The Bertz CT molecular complexity index is 891. The molecule has 8 heteroatoms. The van der Waals surface area contributed by atoms with Crippen molar-refractivity contribution in [3.63, 3.8) is 0 Å². The maximum Gasteiger partial charge on any atom is 0.237 e. The smallest absolute Gasteiger partial charge is 0.237 e. The standard InChI is InChI=1S/C21H24F2N4O2/c1-14-4-3-8-24-17(14)7-9-25-19(28)12-18-21(29)26-10-11-27(18)13-15-5-2-6-16(22)20(15)23/h2-6,8,18H,7,9-13H2,1H3,(H,25,28)(H,26,29). The van der Waals surface area contributed by atoms with Crippen molar-refractivity contribution in [3.05, 3.63) is 65.0 Å². The van der Waals surface area contributed by atoms with Crippen molar-refractivity contribution in [1.29, 1.82) is 0 Å². The van der Waals surface area contributed by atoms with Crippen LogP contribution in [0.25, 0.3) is 0 Å². The molecule has 2 N–H and O–H groups in total. The number of benzene rings is 1. The topological polar surface area (TPSA) is 74.3 Å². The Morgan fingerprint density at radius 1 is 1.31 bits per heavy atom. The summed E-state index contributed by atoms with van der Waals surface area (Å²) in [7, 11) is 0. The predicted molar refractivity (Wildman–Crippen MR) is 104 cm³/mol. The van der Waals surface area contributed by atoms with Gasteiger partial charge in [0.25, 0.3) is 0 Å². The first-order chi connectivity index (χ1) is 14.0. The molecule has 0 aliphatic carbocycles. The molecule has 2 heterocycles. The van der Waals surface area contributed by atoms with E-state index in [1.165, 1.54) is 12.1 Å². The largest absolute Gasteiger partial charge is 0.356 e. The van der Waals surface area contributed by atoms with Gasteiger partial charge in [-0.25, -0.2) is 8.78 Å². The molecule has 1 fully saturated rings. The minimum absolute atomic E-state index is 0.0516. The van der Waals surface area contributed by atoms with Crippen LogP contribution < -0.4 is 10.6 Å². The van der Waals surface area contributed by atoms with Crippen molar-refractivity contribution in [1.82, 2.24) is 20.5 Å². The van der Waals surface area contributed by atoms with Gasteiger partial charge in [0, 0.05) is 50.1 Å². The first-order valence-corrected chi connectivity index (χ1v) is 9.57. The van der Waals surface area contributed by atoms with Gasteiger partial charge in [-0.1, -0.05) is 18.2 Å². The van der Waals surface area contributed by atoms with Crippen molar-refractivity contribution in [3.8, 4) is 0 Å². The van der Waals surface area contributed by atoms with E-state index < -0.39 is 17.7 Å². The van der Waals surface area contributed by atoms with Gasteiger partial charge in [-0.05, 0) is 24.6 Å². The average Bonchev–Trinajstić information content (AvgIpc) is 2.69. The summed E-state index contributed by atoms with van der Waals surface area (Å²) in [6.45, 7) is 3.27. The summed E-state index contributed by atoms with van der Waals surface area (Å²) in [4.78, 5) is 30.7. The number of piperazine rings is 1. The van der Waals surface area contributed by atoms with Crippen LogP contribution in [0.4, 0.5) is 8.78 Å². The van der Waals surface area contributed by atoms with Crippen LogP contribution >= 0.6 is 0 Å². The molecule has 0 saturated carbocycles. The zero-order chi connectivity index (χ0) is 20.8. The van der Waals surface area contributed by atoms with E-state index in [1.807, 2.05) is 19.1 Å². The molecule has 1 aromatic carbocycles. The van der Waals surface area contributed by atoms with Crippen molar-refractivity contribution >= 4 is 11.8 Å². The summed E-state index contributed by atoms with van der Waals surface area (Å²) in [5.74, 6) is -2.41. The first kappa shape index (κ1) is 20.9. The number of rotatable bonds is 7. The number of hydrogen-bond acceptors (Lipinski definition) is 4. The molecule has 154 valence electrons. The third-order valence-corrected chi connectivity index (χ3v) is 5.03. The second-order valence-electron chi connectivity index (χ2n) is 7.06. The van der Waals surface area contributed by atoms with Gasteiger partial charge >= 0.3 is 0 Å². The van der Waals surface area contributed by atoms with E-state index in [9.17, 15) is 18.4 Å². The highest BCUT2D eigenvalue weighted by Gasteiger charge is 2.32. The van der Waals surface area contributed by atoms with Gasteiger partial charge in [0.05, 0.1) is 12.5 Å². The summed E-state index contributed by atoms with van der Waals surface area (Å²) in [6, 6.07) is 7.05. The number of hydrogen-bond donors (Lipinski definition) is 2. The van der Waals surface area contributed by atoms with Gasteiger partial charge in [0.2, 0.25) is 11.8 Å². The van der Waals surface area contributed by atoms with E-state index in [2.05, 4.69) is 15.6 Å². The lowest BCUT2D eigenvalue weighted by Gasteiger charge is -2.34. The molecule has 3 rings (SSSR count). The van der Waals surface area contributed by atoms with Crippen LogP contribution in [0, 0.1) is 18.6 Å². The monoisotopic (exact) mass is 402 g/mol. The van der Waals surface area contributed by atoms with Crippen molar-refractivity contribution < 1.29 is 18.4 Å². The van der Waals surface area contributed by atoms with E-state index in [1.54, 1.807) is 11.1 Å². The minimum Gasteiger partial charge on any atom is -0.356 e. The maximum atomic E-state index is 14.0. The summed E-state index contributed by atoms with van der Waals surface area (Å²) in [5.41, 5.74) is 2.12. The Morgan fingerprint density at radius 3 is 2.93 bits per heavy atom. The summed E-state index contributed by atoms with van der Waals surface area (Å²) in [5, 5.41) is 5.54. The molecule has 1 unspecified atom stereocenters. The molecule has 1 aliphatic heterocycles. The van der Waals surface area contributed by atoms with Crippen molar-refractivity contribution in [2.45, 2.75) is 32.4 Å². The van der Waals surface area contributed by atoms with Crippen LogP contribution in [0.15, 0.2) is 36.5 Å². The molecule has 2 aromatic rings. The number of amides is 2. The Labute approximate surface area is 168 Å². The molecule has 0 radical (unpaired) electrons. The van der Waals surface area contributed by atoms with Crippen LogP contribution in [-0.2, 0) is 22.6 Å². The number of nitrogens with one attached hydrogen (secondary N) is 2. The number of halogens is 2. The number of pyridine rings is 1. The van der Waals surface area contributed by atoms with Gasteiger partial charge in [-0.15, -0.1) is 0 Å². The van der Waals surface area contributed by atoms with E-state index in [-0.39, 0.29) is 30.3 Å². The van der Waals surface area contributed by atoms with Crippen LogP contribution in [0.5, 0.6) is 0 Å². The van der Waals surface area contributed by atoms with Crippen molar-refractivity contribution in [2.24, 2.45) is 0 Å². The third kappa shape index (κ3) is 5.35. The summed E-state index contributed by atoms with van der Waals surface area (Å²) >= 11 is 0. The molecule has 1 atom stereocenters. The fraction of sp³-hybridized carbons (Fsp3) is 0.381. The lowest BCUT2D eigenvalue weighted by atomic mass is 10.1. The molecular weight excluding hydrogens is 378 g/mol. The highest BCUT2D eigenvalue weighted by molar-refractivity contribution is 5.88. The minimum atomic E-state index is -0.928. The molecule has 1 aromatic heterocycles. The summed E-state index contributed by atoms with van der Waals surface area (Å²) in [6.07, 6.45) is 2.25. The Hall–Kier alpha value is -2.87. The molecule has 0 bridgehead atoms. The summed E-state index contributed by atoms with van der Waals surface area (Å²) < 4.78 is 27.5. The fourth-order valence-electron chi connectivity index (χ4n) is 3.41. The SMILES string of the molecule is Cc1cccnc1CCNC(=O)CC1C(=O)NCCN1Cc1cccc(F)c1F. The quantitative estimate of drug-likeness (QED) is 0.740. The number of carbonyl (C=O) groups excluding carboxylic acids is 2. The van der Waals surface area contributed by atoms with Gasteiger partial charge in [0.1, 0.15) is 0 Å². The van der Waals surface area contributed by atoms with Gasteiger partial charge in [-0.2, -0.15) is 0 Å². The van der Waals surface area contributed by atoms with Gasteiger partial charge in [-0.3, -0.25) is 19.5 Å². The third-order valence-electron chi connectivity index (χ3n) is 5.03. The highest BCUT2D eigenvalue weighted by atomic mass is 19.2. The molecule has 1 aliphatic rings. The van der Waals surface area contributed by atoms with Crippen LogP contribution in [0.3, 0.4) is 0 Å². The van der Waals surface area contributed by atoms with E-state index in [4.69, 9.17) is 0 Å². The maximum absolute atomic E-state index is 14.0. The average molecular weight is 402 g/mol. The van der Waals surface area contributed by atoms with E-state index >= 15 is 0 Å². The van der Waals surface area contributed by atoms with Crippen LogP contribution in [0.2, 0.25) is 0 Å². The zero-order valence-electron chi connectivity index (χ0n) is 16.3. The molecular formula is C21H24F2N4O2. The number of aromatic nitrogens is 1. The molecule has 29 heavy (non-hydrogen) atoms.